The molecule has 20 heavy (non-hydrogen) atoms. The van der Waals surface area contributed by atoms with E-state index in [1.54, 1.807) is 25.2 Å². The monoisotopic (exact) mass is 357 g/mol. The molecule has 2 aromatic rings. The molecular formula is C14H13BrClNO3. The van der Waals surface area contributed by atoms with Gasteiger partial charge in [0.25, 0.3) is 0 Å². The van der Waals surface area contributed by atoms with E-state index >= 15 is 0 Å². The molecule has 0 saturated carbocycles. The van der Waals surface area contributed by atoms with Gasteiger partial charge in [0, 0.05) is 9.50 Å². The van der Waals surface area contributed by atoms with Crippen molar-refractivity contribution in [3.63, 3.8) is 0 Å². The van der Waals surface area contributed by atoms with Gasteiger partial charge in [-0.2, -0.15) is 0 Å². The van der Waals surface area contributed by atoms with Crippen LogP contribution in [0.2, 0.25) is 5.02 Å². The van der Waals surface area contributed by atoms with Crippen LogP contribution >= 0.6 is 27.5 Å². The fraction of sp³-hybridized carbons (Fsp3) is 0.214. The number of hydrogen-bond donors (Lipinski definition) is 1. The third-order valence-corrected chi connectivity index (χ3v) is 3.48. The Morgan fingerprint density at radius 2 is 2.15 bits per heavy atom. The number of furan rings is 1. The first-order chi connectivity index (χ1) is 9.55. The highest BCUT2D eigenvalue weighted by atomic mass is 79.9. The average Bonchev–Trinajstić information content (AvgIpc) is 2.87. The fourth-order valence-electron chi connectivity index (χ4n) is 1.93. The standard InChI is InChI=1S/C14H13BrClNO3/c1-17-13(8-5-9(15)7-10(16)6-8)11-3-4-12(20-11)14(18)19-2/h3-7,13,17H,1-2H3. The minimum absolute atomic E-state index is 0.170. The highest BCUT2D eigenvalue weighted by Gasteiger charge is 2.19. The number of methoxy groups -OCH3 is 1. The molecule has 0 aliphatic carbocycles. The van der Waals surface area contributed by atoms with Crippen molar-refractivity contribution in [3.8, 4) is 0 Å². The molecule has 2 rings (SSSR count). The highest BCUT2D eigenvalue weighted by Crippen LogP contribution is 2.29. The van der Waals surface area contributed by atoms with Gasteiger partial charge in [0.2, 0.25) is 5.76 Å². The lowest BCUT2D eigenvalue weighted by molar-refractivity contribution is 0.0562. The summed E-state index contributed by atoms with van der Waals surface area (Å²) in [5, 5.41) is 3.75. The van der Waals surface area contributed by atoms with Crippen LogP contribution in [0.1, 0.15) is 27.9 Å². The molecule has 0 amide bonds. The number of ether oxygens (including phenoxy) is 1. The fourth-order valence-corrected chi connectivity index (χ4v) is 2.82. The van der Waals surface area contributed by atoms with E-state index in [-0.39, 0.29) is 11.8 Å². The first-order valence-corrected chi connectivity index (χ1v) is 7.03. The van der Waals surface area contributed by atoms with Gasteiger partial charge in [0.1, 0.15) is 5.76 Å². The molecular weight excluding hydrogens is 346 g/mol. The first-order valence-electron chi connectivity index (χ1n) is 5.86. The molecule has 0 spiro atoms. The zero-order valence-electron chi connectivity index (χ0n) is 10.9. The number of benzene rings is 1. The molecule has 106 valence electrons. The number of nitrogens with one attached hydrogen (secondary N) is 1. The van der Waals surface area contributed by atoms with E-state index < -0.39 is 5.97 Å². The van der Waals surface area contributed by atoms with Crippen molar-refractivity contribution < 1.29 is 13.9 Å². The molecule has 0 radical (unpaired) electrons. The molecule has 1 aromatic heterocycles. The number of carbonyl (C=O) groups is 1. The van der Waals surface area contributed by atoms with Crippen molar-refractivity contribution in [2.45, 2.75) is 6.04 Å². The summed E-state index contributed by atoms with van der Waals surface area (Å²) < 4.78 is 11.0. The van der Waals surface area contributed by atoms with Crippen molar-refractivity contribution in [3.05, 3.63) is 56.9 Å². The van der Waals surface area contributed by atoms with Crippen LogP contribution in [0.5, 0.6) is 0 Å². The normalized spacial score (nSPS) is 12.2. The Hall–Kier alpha value is -1.30. The van der Waals surface area contributed by atoms with Crippen LogP contribution in [0.4, 0.5) is 0 Å². The Balaban J connectivity index is 2.36. The lowest BCUT2D eigenvalue weighted by Crippen LogP contribution is -2.17. The molecule has 1 atom stereocenters. The van der Waals surface area contributed by atoms with Crippen molar-refractivity contribution in [2.75, 3.05) is 14.2 Å². The summed E-state index contributed by atoms with van der Waals surface area (Å²) in [6.07, 6.45) is 0. The van der Waals surface area contributed by atoms with Crippen molar-refractivity contribution >= 4 is 33.5 Å². The summed E-state index contributed by atoms with van der Waals surface area (Å²) in [6.45, 7) is 0. The van der Waals surface area contributed by atoms with E-state index in [1.807, 2.05) is 12.1 Å². The van der Waals surface area contributed by atoms with Gasteiger partial charge in [0.15, 0.2) is 0 Å². The summed E-state index contributed by atoms with van der Waals surface area (Å²) in [5.74, 6) is 0.282. The van der Waals surface area contributed by atoms with Crippen molar-refractivity contribution in [1.82, 2.24) is 5.32 Å². The zero-order valence-corrected chi connectivity index (χ0v) is 13.3. The second kappa shape index (κ2) is 6.43. The summed E-state index contributed by atoms with van der Waals surface area (Å²) >= 11 is 9.46. The lowest BCUT2D eigenvalue weighted by Gasteiger charge is -2.15. The summed E-state index contributed by atoms with van der Waals surface area (Å²) in [5.41, 5.74) is 0.928. The molecule has 0 aliphatic heterocycles. The van der Waals surface area contributed by atoms with E-state index in [4.69, 9.17) is 16.0 Å². The Morgan fingerprint density at radius 3 is 2.75 bits per heavy atom. The molecule has 1 heterocycles. The number of rotatable bonds is 4. The number of halogens is 2. The number of hydrogen-bond acceptors (Lipinski definition) is 4. The average molecular weight is 359 g/mol. The van der Waals surface area contributed by atoms with Crippen LogP contribution in [0, 0.1) is 0 Å². The molecule has 1 unspecified atom stereocenters. The Bertz CT molecular complexity index is 606. The van der Waals surface area contributed by atoms with E-state index in [0.29, 0.717) is 10.8 Å². The summed E-state index contributed by atoms with van der Waals surface area (Å²) in [7, 11) is 3.12. The number of esters is 1. The van der Waals surface area contributed by atoms with Crippen LogP contribution in [-0.4, -0.2) is 20.1 Å². The molecule has 1 N–H and O–H groups in total. The Labute approximate surface area is 130 Å². The largest absolute Gasteiger partial charge is 0.463 e. The molecule has 4 nitrogen and oxygen atoms in total. The van der Waals surface area contributed by atoms with Crippen LogP contribution in [0.15, 0.2) is 39.2 Å². The molecule has 0 aliphatic rings. The SMILES string of the molecule is CNC(c1cc(Cl)cc(Br)c1)c1ccc(C(=O)OC)o1. The predicted molar refractivity (Wildman–Crippen MR) is 80.1 cm³/mol. The molecule has 0 bridgehead atoms. The Morgan fingerprint density at radius 1 is 1.40 bits per heavy atom. The maximum atomic E-state index is 11.4. The zero-order chi connectivity index (χ0) is 14.7. The van der Waals surface area contributed by atoms with E-state index in [0.717, 1.165) is 10.0 Å². The van der Waals surface area contributed by atoms with Crippen LogP contribution in [0.25, 0.3) is 0 Å². The van der Waals surface area contributed by atoms with Gasteiger partial charge in [-0.25, -0.2) is 4.79 Å². The maximum absolute atomic E-state index is 11.4. The quantitative estimate of drug-likeness (QED) is 0.845. The maximum Gasteiger partial charge on any atom is 0.373 e. The van der Waals surface area contributed by atoms with Crippen LogP contribution in [-0.2, 0) is 4.74 Å². The minimum atomic E-state index is -0.502. The van der Waals surface area contributed by atoms with Crippen LogP contribution in [0.3, 0.4) is 0 Å². The second-order valence-corrected chi connectivity index (χ2v) is 5.47. The predicted octanol–water partition coefficient (Wildman–Crippen LogP) is 3.79. The second-order valence-electron chi connectivity index (χ2n) is 4.12. The summed E-state index contributed by atoms with van der Waals surface area (Å²) in [4.78, 5) is 11.4. The van der Waals surface area contributed by atoms with Crippen LogP contribution < -0.4 is 5.32 Å². The minimum Gasteiger partial charge on any atom is -0.463 e. The third-order valence-electron chi connectivity index (χ3n) is 2.80. The van der Waals surface area contributed by atoms with Gasteiger partial charge >= 0.3 is 5.97 Å². The van der Waals surface area contributed by atoms with Gasteiger partial charge in [-0.15, -0.1) is 0 Å². The van der Waals surface area contributed by atoms with Gasteiger partial charge in [0.05, 0.1) is 13.2 Å². The lowest BCUT2D eigenvalue weighted by atomic mass is 10.1. The van der Waals surface area contributed by atoms with E-state index in [2.05, 4.69) is 26.0 Å². The molecule has 0 saturated heterocycles. The Kier molecular flexibility index (Phi) is 4.86. The van der Waals surface area contributed by atoms with Crippen molar-refractivity contribution in [1.29, 1.82) is 0 Å². The van der Waals surface area contributed by atoms with Gasteiger partial charge < -0.3 is 14.5 Å². The third kappa shape index (κ3) is 3.23. The first kappa shape index (κ1) is 15.1. The number of carbonyl (C=O) groups excluding carboxylic acids is 1. The molecule has 0 fully saturated rings. The van der Waals surface area contributed by atoms with Gasteiger partial charge in [-0.05, 0) is 42.9 Å². The topological polar surface area (TPSA) is 51.5 Å². The molecule has 6 heteroatoms. The van der Waals surface area contributed by atoms with Crippen molar-refractivity contribution in [2.24, 2.45) is 0 Å². The van der Waals surface area contributed by atoms with E-state index in [9.17, 15) is 4.79 Å². The smallest absolute Gasteiger partial charge is 0.373 e. The van der Waals surface area contributed by atoms with Gasteiger partial charge in [-0.3, -0.25) is 0 Å². The van der Waals surface area contributed by atoms with E-state index in [1.165, 1.54) is 7.11 Å². The molecule has 1 aromatic carbocycles. The summed E-state index contributed by atoms with van der Waals surface area (Å²) in [6, 6.07) is 8.71. The highest BCUT2D eigenvalue weighted by molar-refractivity contribution is 9.10. The van der Waals surface area contributed by atoms with Gasteiger partial charge in [-0.1, -0.05) is 27.5 Å².